The zero-order chi connectivity index (χ0) is 26.4. The van der Waals surface area contributed by atoms with Crippen molar-refractivity contribution in [3.63, 3.8) is 0 Å². The molecular weight excluding hydrogens is 513 g/mol. The molecule has 190 valence electrons. The molecule has 37 heavy (non-hydrogen) atoms. The highest BCUT2D eigenvalue weighted by Crippen LogP contribution is 2.30. The fraction of sp³-hybridized carbons (Fsp3) is 0.148. The summed E-state index contributed by atoms with van der Waals surface area (Å²) in [5.41, 5.74) is 1.15. The molecule has 0 aliphatic rings. The Labute approximate surface area is 224 Å². The van der Waals surface area contributed by atoms with E-state index in [4.69, 9.17) is 27.9 Å². The van der Waals surface area contributed by atoms with E-state index in [0.717, 1.165) is 6.54 Å². The molecule has 0 atom stereocenters. The van der Waals surface area contributed by atoms with Gasteiger partial charge in [-0.05, 0) is 74.8 Å². The number of amides is 1. The van der Waals surface area contributed by atoms with Crippen LogP contribution >= 0.6 is 23.2 Å². The van der Waals surface area contributed by atoms with Gasteiger partial charge in [0.15, 0.2) is 11.4 Å². The fourth-order valence-corrected chi connectivity index (χ4v) is 3.74. The lowest BCUT2D eigenvalue weighted by molar-refractivity contribution is 0.0951. The number of hydrogen-bond acceptors (Lipinski definition) is 6. The Morgan fingerprint density at radius 1 is 1.00 bits per heavy atom. The lowest BCUT2D eigenvalue weighted by Gasteiger charge is -2.15. The Kier molecular flexibility index (Phi) is 8.45. The minimum absolute atomic E-state index is 0.134. The van der Waals surface area contributed by atoms with Crippen LogP contribution in [0.5, 0.6) is 11.5 Å². The van der Waals surface area contributed by atoms with Gasteiger partial charge in [0.05, 0.1) is 11.9 Å². The minimum atomic E-state index is -0.463. The largest absolute Gasteiger partial charge is 0.453 e. The molecule has 2 N–H and O–H groups in total. The zero-order valence-electron chi connectivity index (χ0n) is 20.2. The summed E-state index contributed by atoms with van der Waals surface area (Å²) in [7, 11) is 3.87. The summed E-state index contributed by atoms with van der Waals surface area (Å²) in [6.07, 6.45) is 1.44. The number of nitrogens with one attached hydrogen (secondary N) is 2. The van der Waals surface area contributed by atoms with Crippen molar-refractivity contribution >= 4 is 40.5 Å². The van der Waals surface area contributed by atoms with E-state index >= 15 is 0 Å². The number of anilines is 2. The molecule has 0 fully saturated rings. The molecular formula is C27H25Cl2N5O3. The summed E-state index contributed by atoms with van der Waals surface area (Å²) >= 11 is 12.1. The molecule has 8 nitrogen and oxygen atoms in total. The van der Waals surface area contributed by atoms with Gasteiger partial charge in [0, 0.05) is 34.4 Å². The molecule has 0 aliphatic carbocycles. The Morgan fingerprint density at radius 2 is 1.76 bits per heavy atom. The van der Waals surface area contributed by atoms with Gasteiger partial charge in [-0.2, -0.15) is 9.78 Å². The molecule has 0 unspecified atom stereocenters. The molecule has 1 heterocycles. The molecule has 10 heteroatoms. The number of aromatic nitrogens is 2. The Morgan fingerprint density at radius 3 is 2.49 bits per heavy atom. The summed E-state index contributed by atoms with van der Waals surface area (Å²) in [6.45, 7) is 1.23. The number of rotatable bonds is 9. The van der Waals surface area contributed by atoms with E-state index in [1.54, 1.807) is 72.8 Å². The Balaban J connectivity index is 1.69. The number of carbonyl (C=O) groups excluding carboxylic acids is 1. The smallest absolute Gasteiger partial charge is 0.299 e. The maximum absolute atomic E-state index is 13.6. The quantitative estimate of drug-likeness (QED) is 0.298. The van der Waals surface area contributed by atoms with Crippen LogP contribution in [0.25, 0.3) is 5.69 Å². The molecule has 0 aliphatic heterocycles. The highest BCUT2D eigenvalue weighted by atomic mass is 35.5. The van der Waals surface area contributed by atoms with E-state index in [0.29, 0.717) is 39.3 Å². The average Bonchev–Trinajstić information content (AvgIpc) is 2.87. The molecule has 0 saturated heterocycles. The number of benzene rings is 3. The SMILES string of the molecule is CN(C)CCNC(=O)c1cccc(Nc2c(Oc3ccc(Cl)cc3)cnn(-c3cccc(Cl)c3)c2=O)c1. The van der Waals surface area contributed by atoms with E-state index < -0.39 is 5.56 Å². The van der Waals surface area contributed by atoms with Crippen LogP contribution in [0.3, 0.4) is 0 Å². The van der Waals surface area contributed by atoms with Crippen molar-refractivity contribution in [2.24, 2.45) is 0 Å². The van der Waals surface area contributed by atoms with Gasteiger partial charge < -0.3 is 20.3 Å². The molecule has 0 bridgehead atoms. The third kappa shape index (κ3) is 6.89. The third-order valence-corrected chi connectivity index (χ3v) is 5.76. The number of likely N-dealkylation sites (N-methyl/N-ethyl adjacent to an activating group) is 1. The van der Waals surface area contributed by atoms with Crippen molar-refractivity contribution in [1.29, 1.82) is 0 Å². The highest BCUT2D eigenvalue weighted by molar-refractivity contribution is 6.31. The minimum Gasteiger partial charge on any atom is -0.453 e. The van der Waals surface area contributed by atoms with Crippen molar-refractivity contribution in [3.05, 3.63) is 105 Å². The topological polar surface area (TPSA) is 88.5 Å². The summed E-state index contributed by atoms with van der Waals surface area (Å²) in [6, 6.07) is 20.4. The first kappa shape index (κ1) is 26.2. The number of hydrogen-bond donors (Lipinski definition) is 2. The summed E-state index contributed by atoms with van der Waals surface area (Å²) in [5, 5.41) is 11.3. The van der Waals surface area contributed by atoms with Crippen LogP contribution in [0.1, 0.15) is 10.4 Å². The second-order valence-electron chi connectivity index (χ2n) is 8.40. The molecule has 0 saturated carbocycles. The normalized spacial score (nSPS) is 10.8. The number of ether oxygens (including phenoxy) is 1. The molecule has 1 aromatic heterocycles. The molecule has 0 radical (unpaired) electrons. The van der Waals surface area contributed by atoms with Crippen LogP contribution in [-0.2, 0) is 0 Å². The Hall–Kier alpha value is -3.85. The maximum Gasteiger partial charge on any atom is 0.299 e. The Bertz CT molecular complexity index is 1460. The molecule has 4 aromatic rings. The summed E-state index contributed by atoms with van der Waals surface area (Å²) in [5.74, 6) is 0.462. The lowest BCUT2D eigenvalue weighted by Crippen LogP contribution is -2.31. The van der Waals surface area contributed by atoms with Crippen molar-refractivity contribution in [2.45, 2.75) is 0 Å². The van der Waals surface area contributed by atoms with Crippen LogP contribution in [0.15, 0.2) is 83.8 Å². The second kappa shape index (κ2) is 11.9. The van der Waals surface area contributed by atoms with Crippen LogP contribution in [0, 0.1) is 0 Å². The van der Waals surface area contributed by atoms with Crippen molar-refractivity contribution < 1.29 is 9.53 Å². The predicted octanol–water partition coefficient (Wildman–Crippen LogP) is 5.37. The first-order chi connectivity index (χ1) is 17.8. The van der Waals surface area contributed by atoms with Gasteiger partial charge >= 0.3 is 0 Å². The van der Waals surface area contributed by atoms with E-state index in [-0.39, 0.29) is 17.3 Å². The van der Waals surface area contributed by atoms with Gasteiger partial charge in [-0.1, -0.05) is 35.3 Å². The zero-order valence-corrected chi connectivity index (χ0v) is 21.8. The van der Waals surface area contributed by atoms with E-state index in [2.05, 4.69) is 15.7 Å². The van der Waals surface area contributed by atoms with Gasteiger partial charge in [0.1, 0.15) is 5.75 Å². The molecule has 3 aromatic carbocycles. The van der Waals surface area contributed by atoms with Crippen LogP contribution in [0.4, 0.5) is 11.4 Å². The monoisotopic (exact) mass is 537 g/mol. The number of nitrogens with zero attached hydrogens (tertiary/aromatic N) is 3. The number of halogens is 2. The van der Waals surface area contributed by atoms with Crippen LogP contribution in [0.2, 0.25) is 10.0 Å². The molecule has 4 rings (SSSR count). The van der Waals surface area contributed by atoms with Crippen molar-refractivity contribution in [2.75, 3.05) is 32.5 Å². The van der Waals surface area contributed by atoms with E-state index in [9.17, 15) is 9.59 Å². The highest BCUT2D eigenvalue weighted by Gasteiger charge is 2.16. The first-order valence-electron chi connectivity index (χ1n) is 11.4. The van der Waals surface area contributed by atoms with Gasteiger partial charge in [-0.3, -0.25) is 9.59 Å². The van der Waals surface area contributed by atoms with Crippen LogP contribution in [-0.4, -0.2) is 47.8 Å². The summed E-state index contributed by atoms with van der Waals surface area (Å²) in [4.78, 5) is 28.2. The third-order valence-electron chi connectivity index (χ3n) is 5.28. The van der Waals surface area contributed by atoms with Crippen molar-refractivity contribution in [3.8, 4) is 17.2 Å². The average molecular weight is 538 g/mol. The van der Waals surface area contributed by atoms with Gasteiger partial charge in [-0.25, -0.2) is 0 Å². The van der Waals surface area contributed by atoms with E-state index in [1.165, 1.54) is 10.9 Å². The fourth-order valence-electron chi connectivity index (χ4n) is 3.43. The van der Waals surface area contributed by atoms with Crippen molar-refractivity contribution in [1.82, 2.24) is 20.0 Å². The second-order valence-corrected chi connectivity index (χ2v) is 9.27. The predicted molar refractivity (Wildman–Crippen MR) is 147 cm³/mol. The van der Waals surface area contributed by atoms with Gasteiger partial charge in [-0.15, -0.1) is 0 Å². The molecule has 0 spiro atoms. The first-order valence-corrected chi connectivity index (χ1v) is 12.2. The maximum atomic E-state index is 13.6. The standard InChI is InChI=1S/C27H25Cl2N5O3/c1-33(2)14-13-30-26(35)18-5-3-7-21(15-18)32-25-24(37-23-11-9-19(28)10-12-23)17-31-34(27(25)36)22-8-4-6-20(29)16-22/h3-12,15-17,32H,13-14H2,1-2H3,(H,30,35). The van der Waals surface area contributed by atoms with Gasteiger partial charge in [0.25, 0.3) is 11.5 Å². The summed E-state index contributed by atoms with van der Waals surface area (Å²) < 4.78 is 7.20. The van der Waals surface area contributed by atoms with Gasteiger partial charge in [0.2, 0.25) is 0 Å². The lowest BCUT2D eigenvalue weighted by atomic mass is 10.2. The van der Waals surface area contributed by atoms with Crippen LogP contribution < -0.4 is 20.9 Å². The number of carbonyl (C=O) groups is 1. The molecule has 1 amide bonds. The van der Waals surface area contributed by atoms with E-state index in [1.807, 2.05) is 19.0 Å².